The molecule has 4 atom stereocenters. The van der Waals surface area contributed by atoms with Gasteiger partial charge in [0.2, 0.25) is 0 Å². The summed E-state index contributed by atoms with van der Waals surface area (Å²) in [5.74, 6) is 0.214. The van der Waals surface area contributed by atoms with Crippen molar-refractivity contribution in [3.05, 3.63) is 77.4 Å². The molecule has 2 aromatic rings. The lowest BCUT2D eigenvalue weighted by Gasteiger charge is -2.42. The Morgan fingerprint density at radius 1 is 1.03 bits per heavy atom. The fourth-order valence-electron chi connectivity index (χ4n) is 6.86. The van der Waals surface area contributed by atoms with Gasteiger partial charge in [0.15, 0.2) is 0 Å². The fourth-order valence-corrected chi connectivity index (χ4v) is 8.06. The van der Waals surface area contributed by atoms with Crippen LogP contribution in [0.3, 0.4) is 0 Å². The molecule has 0 N–H and O–H groups in total. The van der Waals surface area contributed by atoms with E-state index in [4.69, 9.17) is 9.47 Å². The van der Waals surface area contributed by atoms with Gasteiger partial charge in [-0.25, -0.2) is 0 Å². The summed E-state index contributed by atoms with van der Waals surface area (Å²) in [6.45, 7) is 11.3. The van der Waals surface area contributed by atoms with Crippen LogP contribution in [0.25, 0.3) is 0 Å². The summed E-state index contributed by atoms with van der Waals surface area (Å²) in [5.41, 5.74) is 1.80. The third kappa shape index (κ3) is 4.53. The second kappa shape index (κ2) is 10.0. The van der Waals surface area contributed by atoms with Gasteiger partial charge < -0.3 is 9.47 Å². The van der Waals surface area contributed by atoms with Crippen molar-refractivity contribution in [2.24, 2.45) is 16.2 Å². The highest BCUT2D eigenvalue weighted by molar-refractivity contribution is 7.85. The molecule has 4 rings (SSSR count). The van der Waals surface area contributed by atoms with Gasteiger partial charge in [-0.3, -0.25) is 9.00 Å². The number of ether oxygens (including phenoxy) is 2. The largest absolute Gasteiger partial charge is 0.465 e. The third-order valence-electron chi connectivity index (χ3n) is 8.03. The molecule has 5 heteroatoms. The zero-order valence-electron chi connectivity index (χ0n) is 21.6. The number of hydrogen-bond acceptors (Lipinski definition) is 4. The van der Waals surface area contributed by atoms with Crippen LogP contribution < -0.4 is 0 Å². The molecule has 2 fully saturated rings. The molecule has 0 aromatic heterocycles. The Kier molecular flexibility index (Phi) is 7.40. The summed E-state index contributed by atoms with van der Waals surface area (Å²) in [6.07, 6.45) is 2.23. The maximum Gasteiger partial charge on any atom is 0.319 e. The predicted octanol–water partition coefficient (Wildman–Crippen LogP) is 6.48. The van der Waals surface area contributed by atoms with Crippen LogP contribution in [-0.2, 0) is 31.7 Å². The predicted molar refractivity (Wildman–Crippen MR) is 140 cm³/mol. The van der Waals surface area contributed by atoms with E-state index in [-0.39, 0.29) is 22.9 Å². The highest BCUT2D eigenvalue weighted by atomic mass is 32.2. The molecular formula is C30H38O4S. The molecule has 2 aliphatic rings. The molecule has 35 heavy (non-hydrogen) atoms. The summed E-state index contributed by atoms with van der Waals surface area (Å²) < 4.78 is 25.8. The Morgan fingerprint density at radius 2 is 1.66 bits per heavy atom. The molecule has 1 unspecified atom stereocenters. The van der Waals surface area contributed by atoms with Gasteiger partial charge in [0.25, 0.3) is 0 Å². The number of esters is 1. The maximum absolute atomic E-state index is 14.0. The van der Waals surface area contributed by atoms with Crippen molar-refractivity contribution in [3.63, 3.8) is 0 Å². The molecule has 188 valence electrons. The van der Waals surface area contributed by atoms with Gasteiger partial charge in [0, 0.05) is 10.6 Å². The van der Waals surface area contributed by atoms with Crippen LogP contribution in [0.2, 0.25) is 0 Å². The zero-order chi connectivity index (χ0) is 25.3. The molecule has 0 amide bonds. The summed E-state index contributed by atoms with van der Waals surface area (Å²) in [7, 11) is -1.18. The minimum atomic E-state index is -1.18. The molecule has 2 aromatic carbocycles. The van der Waals surface area contributed by atoms with Crippen LogP contribution >= 0.6 is 0 Å². The van der Waals surface area contributed by atoms with E-state index in [1.54, 1.807) is 0 Å². The van der Waals surface area contributed by atoms with Crippen LogP contribution in [0.1, 0.15) is 59.4 Å². The minimum Gasteiger partial charge on any atom is -0.465 e. The second-order valence-corrected chi connectivity index (χ2v) is 12.4. The molecule has 0 aliphatic heterocycles. The van der Waals surface area contributed by atoms with E-state index < -0.39 is 16.2 Å². The van der Waals surface area contributed by atoms with Gasteiger partial charge in [0.1, 0.15) is 5.41 Å². The van der Waals surface area contributed by atoms with Crippen molar-refractivity contribution in [1.82, 2.24) is 0 Å². The monoisotopic (exact) mass is 494 g/mol. The van der Waals surface area contributed by atoms with Crippen molar-refractivity contribution in [2.75, 3.05) is 12.4 Å². The number of hydrogen-bond donors (Lipinski definition) is 0. The van der Waals surface area contributed by atoms with E-state index in [2.05, 4.69) is 32.9 Å². The molecule has 0 spiro atoms. The Labute approximate surface area is 212 Å². The summed E-state index contributed by atoms with van der Waals surface area (Å²) in [4.78, 5) is 14.8. The van der Waals surface area contributed by atoms with Crippen molar-refractivity contribution in [1.29, 1.82) is 0 Å². The summed E-state index contributed by atoms with van der Waals surface area (Å²) in [5, 5.41) is 0. The van der Waals surface area contributed by atoms with Gasteiger partial charge in [-0.15, -0.1) is 0 Å². The quantitative estimate of drug-likeness (QED) is 0.311. The summed E-state index contributed by atoms with van der Waals surface area (Å²) in [6, 6.07) is 19.7. The zero-order valence-corrected chi connectivity index (χ0v) is 22.5. The van der Waals surface area contributed by atoms with Crippen LogP contribution in [0.5, 0.6) is 0 Å². The standard InChI is InChI=1S/C30H38O4S/c1-6-33-27(31)30-25(22(2)20-35(32)24-15-11-8-12-16-24)17-18-29(30,5)21-28(3,4)26(30)34-19-23-13-9-7-10-14-23/h7-16,26H,6,17-21H2,1-5H3/b25-22+/t26-,29+,30-,35?/m1/s1. The number of benzene rings is 2. The average Bonchev–Trinajstić information content (AvgIpc) is 3.21. The molecule has 2 aliphatic carbocycles. The van der Waals surface area contributed by atoms with Crippen molar-refractivity contribution in [3.8, 4) is 0 Å². The highest BCUT2D eigenvalue weighted by Crippen LogP contribution is 2.71. The van der Waals surface area contributed by atoms with Gasteiger partial charge in [-0.2, -0.15) is 0 Å². The lowest BCUT2D eigenvalue weighted by molar-refractivity contribution is -0.170. The molecule has 0 saturated heterocycles. The first-order valence-electron chi connectivity index (χ1n) is 12.6. The van der Waals surface area contributed by atoms with E-state index in [0.29, 0.717) is 19.0 Å². The average molecular weight is 495 g/mol. The molecule has 0 heterocycles. The molecule has 2 saturated carbocycles. The summed E-state index contributed by atoms with van der Waals surface area (Å²) >= 11 is 0. The van der Waals surface area contributed by atoms with Crippen molar-refractivity contribution >= 4 is 16.8 Å². The molecular weight excluding hydrogens is 456 g/mol. The Hall–Kier alpha value is -2.24. The van der Waals surface area contributed by atoms with Crippen LogP contribution in [0, 0.1) is 16.2 Å². The van der Waals surface area contributed by atoms with Gasteiger partial charge >= 0.3 is 5.97 Å². The van der Waals surface area contributed by atoms with E-state index in [1.807, 2.05) is 62.4 Å². The maximum atomic E-state index is 14.0. The lowest BCUT2D eigenvalue weighted by Crippen LogP contribution is -2.51. The van der Waals surface area contributed by atoms with E-state index in [1.165, 1.54) is 0 Å². The fraction of sp³-hybridized carbons (Fsp3) is 0.500. The van der Waals surface area contributed by atoms with Crippen molar-refractivity contribution in [2.45, 2.75) is 71.5 Å². The van der Waals surface area contributed by atoms with Crippen LogP contribution in [-0.4, -0.2) is 28.6 Å². The van der Waals surface area contributed by atoms with Gasteiger partial charge in [-0.05, 0) is 67.2 Å². The first-order chi connectivity index (χ1) is 16.7. The Morgan fingerprint density at radius 3 is 2.29 bits per heavy atom. The Bertz CT molecular complexity index is 1110. The third-order valence-corrected chi connectivity index (χ3v) is 9.52. The van der Waals surface area contributed by atoms with E-state index in [0.717, 1.165) is 40.9 Å². The lowest BCUT2D eigenvalue weighted by atomic mass is 9.65. The number of carbonyl (C=O) groups is 1. The Balaban J connectivity index is 1.78. The highest BCUT2D eigenvalue weighted by Gasteiger charge is 2.73. The topological polar surface area (TPSA) is 52.6 Å². The molecule has 0 bridgehead atoms. The SMILES string of the molecule is CCOC(=O)[C@]12/C(=C(\C)CS(=O)c3ccccc3)CC[C@@]1(C)CC(C)(C)[C@H]2OCc1ccccc1. The number of fused-ring (bicyclic) bond motifs is 1. The van der Waals surface area contributed by atoms with Crippen molar-refractivity contribution < 1.29 is 18.5 Å². The number of carbonyl (C=O) groups excluding carboxylic acids is 1. The molecule has 0 radical (unpaired) electrons. The van der Waals surface area contributed by atoms with E-state index in [9.17, 15) is 9.00 Å². The normalized spacial score (nSPS) is 29.5. The second-order valence-electron chi connectivity index (χ2n) is 11.0. The van der Waals surface area contributed by atoms with Gasteiger partial charge in [0.05, 0.1) is 30.1 Å². The van der Waals surface area contributed by atoms with Gasteiger partial charge in [-0.1, -0.05) is 74.9 Å². The number of rotatable bonds is 8. The van der Waals surface area contributed by atoms with Crippen LogP contribution in [0.15, 0.2) is 76.7 Å². The minimum absolute atomic E-state index is 0.191. The first kappa shape index (κ1) is 25.8. The molecule has 4 nitrogen and oxygen atoms in total. The first-order valence-corrected chi connectivity index (χ1v) is 13.9. The smallest absolute Gasteiger partial charge is 0.319 e. The van der Waals surface area contributed by atoms with Crippen LogP contribution in [0.4, 0.5) is 0 Å². The van der Waals surface area contributed by atoms with E-state index >= 15 is 0 Å².